The highest BCUT2D eigenvalue weighted by Gasteiger charge is 2.61. The number of hydrogen-bond acceptors (Lipinski definition) is 3. The zero-order chi connectivity index (χ0) is 16.7. The Morgan fingerprint density at radius 3 is 2.70 bits per heavy atom. The van der Waals surface area contributed by atoms with Gasteiger partial charge >= 0.3 is 0 Å². The fourth-order valence-electron chi connectivity index (χ4n) is 2.71. The quantitative estimate of drug-likeness (QED) is 0.913. The molecule has 0 aliphatic heterocycles. The lowest BCUT2D eigenvalue weighted by Gasteiger charge is -2.34. The molecule has 1 heterocycles. The van der Waals surface area contributed by atoms with E-state index in [4.69, 9.17) is 16.9 Å². The first-order chi connectivity index (χ1) is 10.9. The summed E-state index contributed by atoms with van der Waals surface area (Å²) >= 11 is 5.87. The molecule has 0 radical (unpaired) electrons. The van der Waals surface area contributed by atoms with Crippen molar-refractivity contribution in [3.63, 3.8) is 0 Å². The van der Waals surface area contributed by atoms with Crippen LogP contribution in [-0.4, -0.2) is 25.9 Å². The molecule has 1 aromatic heterocycles. The van der Waals surface area contributed by atoms with Gasteiger partial charge in [-0.25, -0.2) is 9.37 Å². The molecule has 0 saturated heterocycles. The van der Waals surface area contributed by atoms with Crippen LogP contribution in [0.1, 0.15) is 24.1 Å². The van der Waals surface area contributed by atoms with E-state index in [1.54, 1.807) is 24.3 Å². The number of benzene rings is 1. The molecule has 0 spiro atoms. The fraction of sp³-hybridized carbons (Fsp3) is 0.294. The van der Waals surface area contributed by atoms with Crippen LogP contribution < -0.4 is 0 Å². The van der Waals surface area contributed by atoms with E-state index < -0.39 is 11.3 Å². The first-order valence-corrected chi connectivity index (χ1v) is 7.54. The minimum atomic E-state index is -1.81. The summed E-state index contributed by atoms with van der Waals surface area (Å²) < 4.78 is 16.4. The fourth-order valence-corrected chi connectivity index (χ4v) is 2.83. The van der Waals surface area contributed by atoms with Crippen LogP contribution in [0.4, 0.5) is 4.39 Å². The van der Waals surface area contributed by atoms with Gasteiger partial charge in [0.1, 0.15) is 23.0 Å². The van der Waals surface area contributed by atoms with Crippen molar-refractivity contribution in [2.45, 2.75) is 30.7 Å². The second kappa shape index (κ2) is 5.48. The Morgan fingerprint density at radius 1 is 1.48 bits per heavy atom. The molecule has 1 atom stereocenters. The van der Waals surface area contributed by atoms with Gasteiger partial charge in [0.05, 0.1) is 19.1 Å². The molecule has 0 bridgehead atoms. The smallest absolute Gasteiger partial charge is 0.145 e. The molecule has 0 amide bonds. The highest BCUT2D eigenvalue weighted by molar-refractivity contribution is 6.30. The number of halogens is 2. The first kappa shape index (κ1) is 15.7. The van der Waals surface area contributed by atoms with Crippen molar-refractivity contribution < 1.29 is 9.50 Å². The summed E-state index contributed by atoms with van der Waals surface area (Å²) in [5.41, 5.74) is -2.42. The number of nitriles is 1. The molecule has 4 nitrogen and oxygen atoms in total. The van der Waals surface area contributed by atoms with Crippen LogP contribution in [0.25, 0.3) is 5.57 Å². The van der Waals surface area contributed by atoms with Gasteiger partial charge in [0.2, 0.25) is 0 Å². The van der Waals surface area contributed by atoms with Crippen LogP contribution in [0.5, 0.6) is 0 Å². The highest BCUT2D eigenvalue weighted by atomic mass is 35.5. The molecule has 23 heavy (non-hydrogen) atoms. The minimum Gasteiger partial charge on any atom is -0.380 e. The molecule has 3 rings (SSSR count). The lowest BCUT2D eigenvalue weighted by Crippen LogP contribution is -2.46. The van der Waals surface area contributed by atoms with Gasteiger partial charge in [0.25, 0.3) is 0 Å². The molecule has 1 saturated carbocycles. The lowest BCUT2D eigenvalue weighted by molar-refractivity contribution is -0.0133. The Morgan fingerprint density at radius 2 is 2.13 bits per heavy atom. The number of nitrogens with zero attached hydrogens (tertiary/aromatic N) is 3. The number of aliphatic hydroxyl groups is 1. The van der Waals surface area contributed by atoms with Crippen LogP contribution in [-0.2, 0) is 6.54 Å². The van der Waals surface area contributed by atoms with E-state index >= 15 is 0 Å². The normalized spacial score (nSPS) is 18.0. The molecule has 1 aliphatic carbocycles. The summed E-state index contributed by atoms with van der Waals surface area (Å²) in [7, 11) is 0. The van der Waals surface area contributed by atoms with Crippen molar-refractivity contribution in [3.05, 3.63) is 59.6 Å². The third-order valence-corrected chi connectivity index (χ3v) is 4.60. The molecule has 6 heteroatoms. The maximum atomic E-state index is 14.9. The second-order valence-corrected chi connectivity index (χ2v) is 6.27. The highest BCUT2D eigenvalue weighted by Crippen LogP contribution is 2.54. The molecular weight excluding hydrogens is 317 g/mol. The van der Waals surface area contributed by atoms with Crippen molar-refractivity contribution in [2.24, 2.45) is 0 Å². The minimum absolute atomic E-state index is 0.117. The van der Waals surface area contributed by atoms with Gasteiger partial charge in [-0.2, -0.15) is 5.26 Å². The van der Waals surface area contributed by atoms with Crippen molar-refractivity contribution in [1.82, 2.24) is 9.55 Å². The maximum absolute atomic E-state index is 14.9. The van der Waals surface area contributed by atoms with Crippen LogP contribution in [0.3, 0.4) is 0 Å². The Bertz CT molecular complexity index is 789. The monoisotopic (exact) mass is 331 g/mol. The summed E-state index contributed by atoms with van der Waals surface area (Å²) in [6.07, 6.45) is 3.30. The summed E-state index contributed by atoms with van der Waals surface area (Å²) in [6, 6.07) is 8.70. The summed E-state index contributed by atoms with van der Waals surface area (Å²) in [4.78, 5) is 3.88. The van der Waals surface area contributed by atoms with Crippen molar-refractivity contribution in [2.75, 3.05) is 0 Å². The average Bonchev–Trinajstić information content (AvgIpc) is 3.15. The van der Waals surface area contributed by atoms with Gasteiger partial charge in [-0.3, -0.25) is 0 Å². The topological polar surface area (TPSA) is 61.8 Å². The largest absolute Gasteiger partial charge is 0.380 e. The number of rotatable bonds is 5. The van der Waals surface area contributed by atoms with Gasteiger partial charge in [-0.15, -0.1) is 0 Å². The molecule has 1 fully saturated rings. The van der Waals surface area contributed by atoms with Gasteiger partial charge in [0, 0.05) is 5.02 Å². The Balaban J connectivity index is 1.99. The summed E-state index contributed by atoms with van der Waals surface area (Å²) in [5, 5.41) is 20.8. The van der Waals surface area contributed by atoms with Gasteiger partial charge < -0.3 is 9.67 Å². The predicted octanol–water partition coefficient (Wildman–Crippen LogP) is 3.35. The number of aromatic nitrogens is 2. The average molecular weight is 332 g/mol. The molecule has 2 aromatic rings. The molecule has 1 aliphatic rings. The SMILES string of the molecule is C=C(c1ccc(Cl)cc1)C(O)(Cn1cncc1C#N)C1(F)CC1. The van der Waals surface area contributed by atoms with E-state index in [9.17, 15) is 9.50 Å². The number of imidazole rings is 1. The molecule has 1 N–H and O–H groups in total. The zero-order valence-electron chi connectivity index (χ0n) is 12.3. The number of alkyl halides is 1. The van der Waals surface area contributed by atoms with E-state index in [2.05, 4.69) is 11.6 Å². The standard InChI is InChI=1S/C17H15ClFN3O/c1-12(13-2-4-14(18)5-3-13)17(23,16(19)6-7-16)10-22-11-21-9-15(22)8-20/h2-5,9,11,23H,1,6-7,10H2. The van der Waals surface area contributed by atoms with Gasteiger partial charge in [-0.05, 0) is 36.1 Å². The number of hydrogen-bond donors (Lipinski definition) is 1. The second-order valence-electron chi connectivity index (χ2n) is 5.83. The molecule has 1 aromatic carbocycles. The van der Waals surface area contributed by atoms with E-state index in [1.165, 1.54) is 17.1 Å². The Labute approximate surface area is 138 Å². The van der Waals surface area contributed by atoms with Crippen LogP contribution in [0, 0.1) is 11.3 Å². The molecular formula is C17H15ClFN3O. The summed E-state index contributed by atoms with van der Waals surface area (Å²) in [5.74, 6) is 0. The van der Waals surface area contributed by atoms with Crippen molar-refractivity contribution >= 4 is 17.2 Å². The first-order valence-electron chi connectivity index (χ1n) is 7.16. The zero-order valence-corrected chi connectivity index (χ0v) is 13.1. The van der Waals surface area contributed by atoms with E-state index in [-0.39, 0.29) is 30.7 Å². The Kier molecular flexibility index (Phi) is 3.75. The summed E-state index contributed by atoms with van der Waals surface area (Å²) in [6.45, 7) is 3.80. The molecule has 118 valence electrons. The third-order valence-electron chi connectivity index (χ3n) is 4.35. The van der Waals surface area contributed by atoms with E-state index in [0.29, 0.717) is 10.6 Å². The van der Waals surface area contributed by atoms with Crippen molar-refractivity contribution in [1.29, 1.82) is 5.26 Å². The molecule has 1 unspecified atom stereocenters. The lowest BCUT2D eigenvalue weighted by atomic mass is 9.83. The van der Waals surface area contributed by atoms with Crippen molar-refractivity contribution in [3.8, 4) is 6.07 Å². The Hall–Kier alpha value is -2.16. The van der Waals surface area contributed by atoms with Crippen LogP contribution in [0.2, 0.25) is 5.02 Å². The maximum Gasteiger partial charge on any atom is 0.145 e. The van der Waals surface area contributed by atoms with E-state index in [0.717, 1.165) is 0 Å². The van der Waals surface area contributed by atoms with Gasteiger partial charge in [-0.1, -0.05) is 30.3 Å². The third kappa shape index (κ3) is 2.65. The van der Waals surface area contributed by atoms with Crippen LogP contribution >= 0.6 is 11.6 Å². The predicted molar refractivity (Wildman–Crippen MR) is 85.5 cm³/mol. The van der Waals surface area contributed by atoms with Gasteiger partial charge in [0.15, 0.2) is 0 Å². The van der Waals surface area contributed by atoms with E-state index in [1.807, 2.05) is 6.07 Å². The van der Waals surface area contributed by atoms with Crippen LogP contribution in [0.15, 0.2) is 43.4 Å².